The summed E-state index contributed by atoms with van der Waals surface area (Å²) in [5.41, 5.74) is 1.51. The van der Waals surface area contributed by atoms with E-state index < -0.39 is 0 Å². The fraction of sp³-hybridized carbons (Fsp3) is 0.133. The molecule has 0 saturated carbocycles. The van der Waals surface area contributed by atoms with Crippen LogP contribution >= 0.6 is 0 Å². The minimum atomic E-state index is -0.291. The molecule has 0 saturated heterocycles. The molecule has 0 aliphatic heterocycles. The molecule has 0 fully saturated rings. The number of hydrogen-bond donors (Lipinski definition) is 1. The molecule has 1 N–H and O–H groups in total. The fourth-order valence-corrected chi connectivity index (χ4v) is 2.17. The first kappa shape index (κ1) is 13.2. The quantitative estimate of drug-likeness (QED) is 0.594. The van der Waals surface area contributed by atoms with Gasteiger partial charge in [-0.15, -0.1) is 0 Å². The van der Waals surface area contributed by atoms with Gasteiger partial charge in [-0.1, -0.05) is 18.2 Å². The third kappa shape index (κ3) is 2.35. The van der Waals surface area contributed by atoms with Crippen LogP contribution in [0.3, 0.4) is 0 Å². The Morgan fingerprint density at radius 1 is 1.29 bits per heavy atom. The lowest BCUT2D eigenvalue weighted by atomic mass is 10.2. The second-order valence-corrected chi connectivity index (χ2v) is 4.51. The van der Waals surface area contributed by atoms with Crippen LogP contribution in [0.25, 0.3) is 11.0 Å². The summed E-state index contributed by atoms with van der Waals surface area (Å²) in [5.74, 6) is -0.333. The first-order valence-electron chi connectivity index (χ1n) is 6.38. The Kier molecular flexibility index (Phi) is 3.35. The van der Waals surface area contributed by atoms with Gasteiger partial charge in [-0.05, 0) is 18.2 Å². The monoisotopic (exact) mass is 284 g/mol. The highest BCUT2D eigenvalue weighted by Crippen LogP contribution is 2.19. The van der Waals surface area contributed by atoms with Crippen molar-refractivity contribution in [2.45, 2.75) is 6.54 Å². The van der Waals surface area contributed by atoms with Crippen LogP contribution in [0.1, 0.15) is 11.3 Å². The molecular formula is C15H13FN4O. The van der Waals surface area contributed by atoms with Gasteiger partial charge in [-0.25, -0.2) is 14.1 Å². The topological polar surface area (TPSA) is 63.8 Å². The van der Waals surface area contributed by atoms with Gasteiger partial charge in [0.05, 0.1) is 19.0 Å². The average molecular weight is 284 g/mol. The average Bonchev–Trinajstić information content (AvgIpc) is 2.88. The Morgan fingerprint density at radius 3 is 2.86 bits per heavy atom. The Labute approximate surface area is 120 Å². The molecule has 0 atom stereocenters. The van der Waals surface area contributed by atoms with Crippen molar-refractivity contribution >= 4 is 16.9 Å². The van der Waals surface area contributed by atoms with Crippen LogP contribution in [-0.2, 0) is 11.3 Å². The molecule has 2 heterocycles. The van der Waals surface area contributed by atoms with Crippen LogP contribution in [0.5, 0.6) is 0 Å². The Balaban J connectivity index is 2.11. The van der Waals surface area contributed by atoms with Gasteiger partial charge in [0.15, 0.2) is 11.3 Å². The van der Waals surface area contributed by atoms with Crippen molar-refractivity contribution in [3.63, 3.8) is 0 Å². The minimum absolute atomic E-state index is 0.0414. The molecule has 0 radical (unpaired) electrons. The number of rotatable bonds is 3. The molecule has 6 heteroatoms. The van der Waals surface area contributed by atoms with Crippen molar-refractivity contribution in [1.82, 2.24) is 14.8 Å². The standard InChI is InChI=1S/C15H13FN4O/c1-21-14(17)13-11-6-4-8-18-15(11)20(19-13)9-10-5-2-3-7-12(10)16/h2-8,17H,9H2,1H3. The van der Waals surface area contributed by atoms with Gasteiger partial charge in [-0.3, -0.25) is 5.41 Å². The van der Waals surface area contributed by atoms with E-state index in [0.29, 0.717) is 22.3 Å². The summed E-state index contributed by atoms with van der Waals surface area (Å²) in [6.45, 7) is 0.247. The molecule has 0 bridgehead atoms. The second kappa shape index (κ2) is 5.32. The highest BCUT2D eigenvalue weighted by molar-refractivity contribution is 6.02. The van der Waals surface area contributed by atoms with Gasteiger partial charge < -0.3 is 4.74 Å². The van der Waals surface area contributed by atoms with Crippen molar-refractivity contribution in [3.05, 3.63) is 59.7 Å². The third-order valence-electron chi connectivity index (χ3n) is 3.20. The summed E-state index contributed by atoms with van der Waals surface area (Å²) in [4.78, 5) is 4.27. The van der Waals surface area contributed by atoms with E-state index in [9.17, 15) is 4.39 Å². The smallest absolute Gasteiger partial charge is 0.234 e. The lowest BCUT2D eigenvalue weighted by molar-refractivity contribution is 0.399. The number of ether oxygens (including phenoxy) is 1. The minimum Gasteiger partial charge on any atom is -0.480 e. The predicted octanol–water partition coefficient (Wildman–Crippen LogP) is 2.59. The summed E-state index contributed by atoms with van der Waals surface area (Å²) in [5, 5.41) is 12.8. The molecule has 0 aliphatic rings. The summed E-state index contributed by atoms with van der Waals surface area (Å²) in [6.07, 6.45) is 1.64. The van der Waals surface area contributed by atoms with Crippen LogP contribution < -0.4 is 0 Å². The van der Waals surface area contributed by atoms with E-state index in [2.05, 4.69) is 10.1 Å². The van der Waals surface area contributed by atoms with E-state index >= 15 is 0 Å². The van der Waals surface area contributed by atoms with Gasteiger partial charge in [0, 0.05) is 11.8 Å². The van der Waals surface area contributed by atoms with Gasteiger partial charge in [0.25, 0.3) is 0 Å². The third-order valence-corrected chi connectivity index (χ3v) is 3.20. The van der Waals surface area contributed by atoms with Crippen LogP contribution in [-0.4, -0.2) is 27.8 Å². The summed E-state index contributed by atoms with van der Waals surface area (Å²) < 4.78 is 20.3. The van der Waals surface area contributed by atoms with Crippen molar-refractivity contribution in [1.29, 1.82) is 5.41 Å². The van der Waals surface area contributed by atoms with Crippen LogP contribution in [0.4, 0.5) is 4.39 Å². The van der Waals surface area contributed by atoms with Crippen molar-refractivity contribution in [2.75, 3.05) is 7.11 Å². The lowest BCUT2D eigenvalue weighted by Gasteiger charge is -2.04. The number of halogens is 1. The van der Waals surface area contributed by atoms with E-state index in [-0.39, 0.29) is 18.3 Å². The Hall–Kier alpha value is -2.76. The number of methoxy groups -OCH3 is 1. The highest BCUT2D eigenvalue weighted by atomic mass is 19.1. The molecule has 5 nitrogen and oxygen atoms in total. The summed E-state index contributed by atoms with van der Waals surface area (Å²) in [7, 11) is 1.42. The molecule has 106 valence electrons. The van der Waals surface area contributed by atoms with Gasteiger partial charge in [0.2, 0.25) is 5.90 Å². The number of nitrogens with zero attached hydrogens (tertiary/aromatic N) is 3. The largest absolute Gasteiger partial charge is 0.480 e. The summed E-state index contributed by atoms with van der Waals surface area (Å²) in [6, 6.07) is 10.1. The second-order valence-electron chi connectivity index (χ2n) is 4.51. The molecule has 0 aliphatic carbocycles. The molecular weight excluding hydrogens is 271 g/mol. The molecule has 0 spiro atoms. The first-order chi connectivity index (χ1) is 10.2. The number of hydrogen-bond acceptors (Lipinski definition) is 4. The highest BCUT2D eigenvalue weighted by Gasteiger charge is 2.16. The molecule has 1 aromatic carbocycles. The zero-order valence-corrected chi connectivity index (χ0v) is 11.4. The first-order valence-corrected chi connectivity index (χ1v) is 6.38. The van der Waals surface area contributed by atoms with Crippen LogP contribution in [0.2, 0.25) is 0 Å². The maximum atomic E-state index is 13.8. The van der Waals surface area contributed by atoms with Gasteiger partial charge >= 0.3 is 0 Å². The predicted molar refractivity (Wildman–Crippen MR) is 76.9 cm³/mol. The number of nitrogens with one attached hydrogen (secondary N) is 1. The lowest BCUT2D eigenvalue weighted by Crippen LogP contribution is -2.07. The van der Waals surface area contributed by atoms with Crippen molar-refractivity contribution in [3.8, 4) is 0 Å². The van der Waals surface area contributed by atoms with E-state index in [0.717, 1.165) is 0 Å². The van der Waals surface area contributed by atoms with Crippen molar-refractivity contribution in [2.24, 2.45) is 0 Å². The number of fused-ring (bicyclic) bond motifs is 1. The van der Waals surface area contributed by atoms with E-state index in [1.165, 1.54) is 13.2 Å². The maximum absolute atomic E-state index is 13.8. The van der Waals surface area contributed by atoms with Crippen LogP contribution in [0, 0.1) is 11.2 Å². The number of aromatic nitrogens is 3. The van der Waals surface area contributed by atoms with E-state index in [4.69, 9.17) is 10.1 Å². The molecule has 3 aromatic rings. The molecule has 21 heavy (non-hydrogen) atoms. The normalized spacial score (nSPS) is 10.8. The van der Waals surface area contributed by atoms with Crippen LogP contribution in [0.15, 0.2) is 42.6 Å². The molecule has 3 rings (SSSR count). The SMILES string of the molecule is COC(=N)c1nn(Cc2ccccc2F)c2ncccc12. The van der Waals surface area contributed by atoms with Gasteiger partial charge in [0.1, 0.15) is 5.82 Å². The molecule has 0 unspecified atom stereocenters. The van der Waals surface area contributed by atoms with E-state index in [1.807, 2.05) is 6.07 Å². The number of benzene rings is 1. The fourth-order valence-electron chi connectivity index (χ4n) is 2.17. The number of pyridine rings is 1. The zero-order chi connectivity index (χ0) is 14.8. The molecule has 0 amide bonds. The molecule has 2 aromatic heterocycles. The van der Waals surface area contributed by atoms with E-state index in [1.54, 1.807) is 35.1 Å². The maximum Gasteiger partial charge on any atom is 0.234 e. The Morgan fingerprint density at radius 2 is 2.10 bits per heavy atom. The Bertz CT molecular complexity index is 812. The van der Waals surface area contributed by atoms with Crippen molar-refractivity contribution < 1.29 is 9.13 Å². The summed E-state index contributed by atoms with van der Waals surface area (Å²) >= 11 is 0. The van der Waals surface area contributed by atoms with Gasteiger partial charge in [-0.2, -0.15) is 5.10 Å². The zero-order valence-electron chi connectivity index (χ0n) is 11.4.